The van der Waals surface area contributed by atoms with Gasteiger partial charge in [-0.05, 0) is 43.0 Å². The molecular weight excluding hydrogens is 521 g/mol. The van der Waals surface area contributed by atoms with E-state index in [0.717, 1.165) is 25.1 Å². The van der Waals surface area contributed by atoms with Gasteiger partial charge in [-0.3, -0.25) is 9.69 Å². The summed E-state index contributed by atoms with van der Waals surface area (Å²) in [6, 6.07) is 14.6. The monoisotopic (exact) mass is 552 g/mol. The van der Waals surface area contributed by atoms with Gasteiger partial charge in [0.15, 0.2) is 0 Å². The molecule has 1 aliphatic rings. The van der Waals surface area contributed by atoms with E-state index in [9.17, 15) is 22.8 Å². The second kappa shape index (κ2) is 13.7. The minimum Gasteiger partial charge on any atom is -0.473 e. The molecule has 12 heteroatoms. The number of nitrogens with zero attached hydrogens (tertiary/aromatic N) is 2. The highest BCUT2D eigenvalue weighted by Gasteiger charge is 2.50. The molecular formula is C27H31F3N2O7. The van der Waals surface area contributed by atoms with Crippen molar-refractivity contribution in [2.45, 2.75) is 44.3 Å². The number of aliphatic carboxylic acids is 2. The van der Waals surface area contributed by atoms with Gasteiger partial charge in [0.1, 0.15) is 5.54 Å². The molecule has 2 N–H and O–H groups in total. The summed E-state index contributed by atoms with van der Waals surface area (Å²) in [6.07, 6.45) is -3.12. The van der Waals surface area contributed by atoms with Crippen molar-refractivity contribution >= 4 is 29.5 Å². The van der Waals surface area contributed by atoms with E-state index in [0.29, 0.717) is 13.1 Å². The number of benzene rings is 2. The van der Waals surface area contributed by atoms with Gasteiger partial charge in [0, 0.05) is 31.7 Å². The Morgan fingerprint density at radius 1 is 0.974 bits per heavy atom. The van der Waals surface area contributed by atoms with E-state index in [1.807, 2.05) is 18.2 Å². The molecule has 1 heterocycles. The molecule has 1 saturated heterocycles. The molecule has 0 spiro atoms. The van der Waals surface area contributed by atoms with E-state index in [-0.39, 0.29) is 24.9 Å². The Hall–Kier alpha value is -3.93. The lowest BCUT2D eigenvalue weighted by Crippen LogP contribution is -2.62. The molecule has 0 aliphatic carbocycles. The lowest BCUT2D eigenvalue weighted by atomic mass is 9.84. The summed E-state index contributed by atoms with van der Waals surface area (Å²) in [5.74, 6) is -4.67. The first-order valence-corrected chi connectivity index (χ1v) is 12.2. The Bertz CT molecular complexity index is 1140. The summed E-state index contributed by atoms with van der Waals surface area (Å²) in [6.45, 7) is 3.46. The average Bonchev–Trinajstić information content (AvgIpc) is 2.92. The van der Waals surface area contributed by atoms with Gasteiger partial charge in [-0.1, -0.05) is 43.3 Å². The Balaban J connectivity index is 0.000000798. The molecule has 9 nitrogen and oxygen atoms in total. The topological polar surface area (TPSA) is 124 Å². The summed E-state index contributed by atoms with van der Waals surface area (Å²) >= 11 is 0. The van der Waals surface area contributed by atoms with E-state index in [2.05, 4.69) is 17.0 Å². The van der Waals surface area contributed by atoms with Crippen LogP contribution in [0.25, 0.3) is 0 Å². The molecule has 1 aliphatic heterocycles. The van der Waals surface area contributed by atoms with Crippen LogP contribution >= 0.6 is 0 Å². The fraction of sp³-hybridized carbons (Fsp3) is 0.407. The quantitative estimate of drug-likeness (QED) is 0.392. The van der Waals surface area contributed by atoms with E-state index in [4.69, 9.17) is 24.5 Å². The molecule has 212 valence electrons. The zero-order valence-electron chi connectivity index (χ0n) is 21.6. The number of rotatable bonds is 7. The predicted molar refractivity (Wildman–Crippen MR) is 135 cm³/mol. The molecule has 1 amide bonds. The number of esters is 1. The van der Waals surface area contributed by atoms with Crippen molar-refractivity contribution in [2.75, 3.05) is 31.6 Å². The van der Waals surface area contributed by atoms with Crippen LogP contribution in [0.2, 0.25) is 0 Å². The molecule has 0 unspecified atom stereocenters. The van der Waals surface area contributed by atoms with Crippen LogP contribution in [0.4, 0.5) is 18.9 Å². The fourth-order valence-electron chi connectivity index (χ4n) is 4.40. The number of carboxylic acids is 2. The van der Waals surface area contributed by atoms with Crippen LogP contribution in [0.1, 0.15) is 37.3 Å². The summed E-state index contributed by atoms with van der Waals surface area (Å²) < 4.78 is 45.1. The number of carbonyl (C=O) groups is 4. The Kier molecular flexibility index (Phi) is 11.0. The second-order valence-electron chi connectivity index (χ2n) is 8.84. The number of ether oxygens (including phenoxy) is 1. The van der Waals surface area contributed by atoms with Crippen LogP contribution in [0, 0.1) is 0 Å². The standard InChI is InChI=1S/C25H29F3N2O3.C2H2O4/c1-3-22(31)30(21-11-7-10-20(18-21)25(26,27)28)24(23(32)33-2)13-16-29(17-14-24)15-12-19-8-5-4-6-9-19;3-1(4)2(5)6/h4-11,18H,3,12-17H2,1-2H3;(H,3,4)(H,5,6). The van der Waals surface area contributed by atoms with Gasteiger partial charge in [-0.25, -0.2) is 14.4 Å². The highest BCUT2D eigenvalue weighted by molar-refractivity contribution is 6.27. The number of alkyl halides is 3. The molecule has 0 bridgehead atoms. The molecule has 2 aromatic carbocycles. The number of likely N-dealkylation sites (tertiary alicyclic amines) is 1. The Morgan fingerprint density at radius 2 is 1.56 bits per heavy atom. The van der Waals surface area contributed by atoms with Crippen LogP contribution in [-0.4, -0.2) is 71.2 Å². The number of halogens is 3. The number of anilines is 1. The first-order chi connectivity index (χ1) is 18.4. The zero-order valence-corrected chi connectivity index (χ0v) is 21.6. The average molecular weight is 553 g/mol. The van der Waals surface area contributed by atoms with Crippen molar-refractivity contribution in [1.29, 1.82) is 0 Å². The van der Waals surface area contributed by atoms with Crippen molar-refractivity contribution in [1.82, 2.24) is 4.90 Å². The van der Waals surface area contributed by atoms with Crippen LogP contribution in [0.5, 0.6) is 0 Å². The number of carboxylic acid groups (broad SMARTS) is 2. The fourth-order valence-corrected chi connectivity index (χ4v) is 4.40. The highest BCUT2D eigenvalue weighted by atomic mass is 19.4. The summed E-state index contributed by atoms with van der Waals surface area (Å²) in [5.41, 5.74) is -0.960. The van der Waals surface area contributed by atoms with Gasteiger partial charge < -0.3 is 19.8 Å². The maximum absolute atomic E-state index is 13.4. The third kappa shape index (κ3) is 8.28. The van der Waals surface area contributed by atoms with Crippen molar-refractivity contribution in [3.8, 4) is 0 Å². The number of hydrogen-bond acceptors (Lipinski definition) is 6. The molecule has 1 fully saturated rings. The Labute approximate surface area is 223 Å². The Morgan fingerprint density at radius 3 is 2.05 bits per heavy atom. The van der Waals surface area contributed by atoms with Gasteiger partial charge in [-0.2, -0.15) is 13.2 Å². The van der Waals surface area contributed by atoms with E-state index < -0.39 is 41.1 Å². The van der Waals surface area contributed by atoms with E-state index >= 15 is 0 Å². The first-order valence-electron chi connectivity index (χ1n) is 12.2. The smallest absolute Gasteiger partial charge is 0.416 e. The third-order valence-corrected chi connectivity index (χ3v) is 6.40. The van der Waals surface area contributed by atoms with Crippen molar-refractivity contribution in [2.24, 2.45) is 0 Å². The molecule has 3 rings (SSSR count). The molecule has 39 heavy (non-hydrogen) atoms. The summed E-state index contributed by atoms with van der Waals surface area (Å²) in [7, 11) is 1.24. The lowest BCUT2D eigenvalue weighted by Gasteiger charge is -2.46. The van der Waals surface area contributed by atoms with Crippen molar-refractivity contribution in [3.63, 3.8) is 0 Å². The number of methoxy groups -OCH3 is 1. The van der Waals surface area contributed by atoms with Crippen LogP contribution in [0.3, 0.4) is 0 Å². The second-order valence-corrected chi connectivity index (χ2v) is 8.84. The van der Waals surface area contributed by atoms with Gasteiger partial charge >= 0.3 is 24.1 Å². The molecule has 0 saturated carbocycles. The SMILES string of the molecule is CCC(=O)N(c1cccc(C(F)(F)F)c1)C1(C(=O)OC)CCN(CCc2ccccc2)CC1.O=C(O)C(=O)O. The van der Waals surface area contributed by atoms with Gasteiger partial charge in [0.2, 0.25) is 5.91 Å². The number of carbonyl (C=O) groups excluding carboxylic acids is 2. The molecule has 2 aromatic rings. The van der Waals surface area contributed by atoms with Crippen LogP contribution in [0.15, 0.2) is 54.6 Å². The van der Waals surface area contributed by atoms with Crippen LogP contribution in [-0.2, 0) is 36.5 Å². The number of hydrogen-bond donors (Lipinski definition) is 2. The highest BCUT2D eigenvalue weighted by Crippen LogP contribution is 2.38. The van der Waals surface area contributed by atoms with Gasteiger partial charge in [0.25, 0.3) is 0 Å². The molecule has 0 aromatic heterocycles. The third-order valence-electron chi connectivity index (χ3n) is 6.40. The van der Waals surface area contributed by atoms with E-state index in [1.54, 1.807) is 6.92 Å². The van der Waals surface area contributed by atoms with Gasteiger partial charge in [0.05, 0.1) is 12.7 Å². The maximum atomic E-state index is 13.4. The lowest BCUT2D eigenvalue weighted by molar-refractivity contribution is -0.159. The minimum absolute atomic E-state index is 0.0483. The van der Waals surface area contributed by atoms with Crippen LogP contribution < -0.4 is 4.90 Å². The predicted octanol–water partition coefficient (Wildman–Crippen LogP) is 3.85. The largest absolute Gasteiger partial charge is 0.473 e. The summed E-state index contributed by atoms with van der Waals surface area (Å²) in [4.78, 5) is 47.7. The first kappa shape index (κ1) is 31.3. The minimum atomic E-state index is -4.56. The van der Waals surface area contributed by atoms with Gasteiger partial charge in [-0.15, -0.1) is 0 Å². The van der Waals surface area contributed by atoms with Crippen molar-refractivity contribution < 1.29 is 47.3 Å². The molecule has 0 radical (unpaired) electrons. The summed E-state index contributed by atoms with van der Waals surface area (Å²) in [5, 5.41) is 14.8. The van der Waals surface area contributed by atoms with Crippen molar-refractivity contribution in [3.05, 3.63) is 65.7 Å². The number of amides is 1. The zero-order chi connectivity index (χ0) is 29.2. The molecule has 0 atom stereocenters. The maximum Gasteiger partial charge on any atom is 0.416 e. The van der Waals surface area contributed by atoms with E-state index in [1.165, 1.54) is 29.7 Å². The number of piperidine rings is 1. The normalized spacial score (nSPS) is 14.9.